The summed E-state index contributed by atoms with van der Waals surface area (Å²) < 4.78 is 12.3. The van der Waals surface area contributed by atoms with Gasteiger partial charge in [0, 0.05) is 50.9 Å². The van der Waals surface area contributed by atoms with E-state index in [1.807, 2.05) is 67.7 Å². The molecular weight excluding hydrogens is 1060 g/mol. The third kappa shape index (κ3) is 9.66. The summed E-state index contributed by atoms with van der Waals surface area (Å²) in [5.74, 6) is -0.288. The van der Waals surface area contributed by atoms with E-state index < -0.39 is 5.89 Å². The molecule has 0 aliphatic heterocycles. The topological polar surface area (TPSA) is 50.9 Å². The van der Waals surface area contributed by atoms with E-state index in [1.54, 1.807) is 0 Å². The number of aromatic nitrogens is 3. The number of para-hydroxylation sites is 1. The van der Waals surface area contributed by atoms with Crippen LogP contribution in [0.3, 0.4) is 0 Å². The van der Waals surface area contributed by atoms with Crippen molar-refractivity contribution < 1.29 is 27.5 Å². The van der Waals surface area contributed by atoms with E-state index >= 15 is 0 Å². The predicted molar refractivity (Wildman–Crippen MR) is 296 cm³/mol. The van der Waals surface area contributed by atoms with Crippen LogP contribution in [-0.4, -0.2) is 19.6 Å². The molecule has 0 spiro atoms. The second-order valence-corrected chi connectivity index (χ2v) is 21.4. The van der Waals surface area contributed by atoms with Gasteiger partial charge < -0.3 is 5.11 Å². The number of aromatic hydroxyl groups is 1. The standard InChI is InChI=1S/C67H62N3O.Pt/c1-44(45-23-14-10-15-24-45)49-37-50(39-51(38-49)59-40-48(35-36-68-59)46-25-16-11-17-26-46)55-31-22-32-61-62(55)69-64(57-42-54(65(2,3)4)43-58(63(57)71)66(5,6)7)70(61)60-34-33-53(41-56(60)47-27-18-12-19-28-47)67(8,9)52-29-20-13-21-30-52;/h10-38,40-44,71H,1-9H3;/q-1;/i44D;. The van der Waals surface area contributed by atoms with E-state index in [0.29, 0.717) is 11.4 Å². The van der Waals surface area contributed by atoms with Crippen molar-refractivity contribution in [3.05, 3.63) is 240 Å². The third-order valence-electron chi connectivity index (χ3n) is 14.2. The van der Waals surface area contributed by atoms with E-state index in [1.165, 1.54) is 11.1 Å². The third-order valence-corrected chi connectivity index (χ3v) is 14.2. The number of phenols is 1. The van der Waals surface area contributed by atoms with Gasteiger partial charge in [-0.2, -0.15) is 0 Å². The molecule has 0 aliphatic rings. The van der Waals surface area contributed by atoms with Gasteiger partial charge >= 0.3 is 0 Å². The van der Waals surface area contributed by atoms with Gasteiger partial charge in [0.05, 0.1) is 22.3 Å². The Bertz CT molecular complexity index is 3590. The van der Waals surface area contributed by atoms with Crippen LogP contribution in [0.5, 0.6) is 5.75 Å². The summed E-state index contributed by atoms with van der Waals surface area (Å²) in [6, 6.07) is 71.2. The number of benzene rings is 8. The minimum absolute atomic E-state index is 0. The van der Waals surface area contributed by atoms with E-state index in [2.05, 4.69) is 206 Å². The molecule has 5 heteroatoms. The number of fused-ring (bicyclic) bond motifs is 1. The van der Waals surface area contributed by atoms with E-state index in [0.717, 1.165) is 83.6 Å². The first-order valence-corrected chi connectivity index (χ1v) is 24.7. The van der Waals surface area contributed by atoms with Crippen molar-refractivity contribution in [1.82, 2.24) is 14.5 Å². The van der Waals surface area contributed by atoms with Crippen molar-refractivity contribution in [3.63, 3.8) is 0 Å². The number of hydrogen-bond acceptors (Lipinski definition) is 3. The van der Waals surface area contributed by atoms with Crippen molar-refractivity contribution in [2.75, 3.05) is 0 Å². The van der Waals surface area contributed by atoms with Crippen molar-refractivity contribution >= 4 is 11.0 Å². The smallest absolute Gasteiger partial charge is 0.148 e. The summed E-state index contributed by atoms with van der Waals surface area (Å²) in [7, 11) is 0. The number of nitrogens with zero attached hydrogens (tertiary/aromatic N) is 3. The van der Waals surface area contributed by atoms with Gasteiger partial charge in [0.25, 0.3) is 0 Å². The van der Waals surface area contributed by atoms with Crippen LogP contribution in [0.1, 0.15) is 103 Å². The molecule has 8 aromatic carbocycles. The molecule has 1 N–H and O–H groups in total. The summed E-state index contributed by atoms with van der Waals surface area (Å²) >= 11 is 0. The predicted octanol–water partition coefficient (Wildman–Crippen LogP) is 17.3. The molecule has 362 valence electrons. The first kappa shape index (κ1) is 48.5. The maximum absolute atomic E-state index is 12.7. The fourth-order valence-corrected chi connectivity index (χ4v) is 9.85. The van der Waals surface area contributed by atoms with Gasteiger partial charge in [-0.15, -0.1) is 29.3 Å². The summed E-state index contributed by atoms with van der Waals surface area (Å²) in [4.78, 5) is 10.7. The van der Waals surface area contributed by atoms with Crippen LogP contribution in [0.4, 0.5) is 0 Å². The Morgan fingerprint density at radius 3 is 1.79 bits per heavy atom. The molecule has 0 bridgehead atoms. The molecule has 0 saturated carbocycles. The molecule has 0 aliphatic carbocycles. The van der Waals surface area contributed by atoms with Gasteiger partial charge in [0.2, 0.25) is 0 Å². The minimum atomic E-state index is -1.13. The Kier molecular flexibility index (Phi) is 13.3. The van der Waals surface area contributed by atoms with E-state index in [4.69, 9.17) is 9.97 Å². The monoisotopic (exact) mass is 1120 g/mol. The maximum Gasteiger partial charge on any atom is 0.148 e. The van der Waals surface area contributed by atoms with Gasteiger partial charge in [0.1, 0.15) is 11.6 Å². The van der Waals surface area contributed by atoms with Crippen LogP contribution in [0.15, 0.2) is 200 Å². The summed E-state index contributed by atoms with van der Waals surface area (Å²) in [6.07, 6.45) is 1.85. The van der Waals surface area contributed by atoms with Crippen LogP contribution in [0.2, 0.25) is 0 Å². The summed E-state index contributed by atoms with van der Waals surface area (Å²) in [5, 5.41) is 12.7. The zero-order valence-electron chi connectivity index (χ0n) is 43.7. The van der Waals surface area contributed by atoms with Crippen molar-refractivity contribution in [2.45, 2.75) is 84.5 Å². The molecule has 0 radical (unpaired) electrons. The van der Waals surface area contributed by atoms with Gasteiger partial charge in [-0.1, -0.05) is 225 Å². The van der Waals surface area contributed by atoms with Crippen LogP contribution < -0.4 is 0 Å². The van der Waals surface area contributed by atoms with Crippen molar-refractivity contribution in [1.29, 1.82) is 0 Å². The molecule has 2 heterocycles. The fourth-order valence-electron chi connectivity index (χ4n) is 9.85. The van der Waals surface area contributed by atoms with Crippen LogP contribution in [-0.2, 0) is 37.3 Å². The Balaban J connectivity index is 0.00000656. The number of hydrogen-bond donors (Lipinski definition) is 1. The summed E-state index contributed by atoms with van der Waals surface area (Å²) in [5.41, 5.74) is 15.8. The minimum Gasteiger partial charge on any atom is -0.507 e. The molecule has 10 rings (SSSR count). The SMILES string of the molecule is [2H]C(C)(c1ccccc1)c1cc(-c2cc(-c3ccccc3)ccn2)[c-]c(-c2cccc3c2nc(-c2cc(C(C)(C)C)cc(C(C)(C)C)c2O)n3-c2ccc(C(C)(C)c3ccccc3)cc2-c2ccccc2)c1.[Pt]. The number of rotatable bonds is 10. The van der Waals surface area contributed by atoms with E-state index in [-0.39, 0.29) is 43.1 Å². The quantitative estimate of drug-likeness (QED) is 0.139. The maximum atomic E-state index is 12.7. The van der Waals surface area contributed by atoms with Crippen molar-refractivity contribution in [2.24, 2.45) is 0 Å². The van der Waals surface area contributed by atoms with Gasteiger partial charge in [0.15, 0.2) is 0 Å². The van der Waals surface area contributed by atoms with E-state index in [9.17, 15) is 6.48 Å². The molecule has 0 amide bonds. The molecule has 10 aromatic rings. The zero-order chi connectivity index (χ0) is 50.6. The number of phenolic OH excluding ortho intramolecular Hbond substituents is 1. The number of pyridine rings is 1. The molecule has 4 nitrogen and oxygen atoms in total. The normalized spacial score (nSPS) is 13.0. The fraction of sp³-hybridized carbons (Fsp3) is 0.194. The zero-order valence-corrected chi connectivity index (χ0v) is 44.9. The molecule has 2 aromatic heterocycles. The summed E-state index contributed by atoms with van der Waals surface area (Å²) in [6.45, 7) is 19.6. The van der Waals surface area contributed by atoms with Crippen LogP contribution >= 0.6 is 0 Å². The first-order valence-electron chi connectivity index (χ1n) is 25.2. The molecule has 0 saturated heterocycles. The Labute approximate surface area is 442 Å². The van der Waals surface area contributed by atoms with Gasteiger partial charge in [-0.3, -0.25) is 9.55 Å². The van der Waals surface area contributed by atoms with Gasteiger partial charge in [-0.05, 0) is 86.0 Å². The largest absolute Gasteiger partial charge is 0.507 e. The second kappa shape index (κ2) is 19.8. The molecular formula is C67H62N3OPt-. The number of imidazole rings is 1. The van der Waals surface area contributed by atoms with Gasteiger partial charge in [-0.25, -0.2) is 4.98 Å². The molecule has 0 fully saturated rings. The Morgan fingerprint density at radius 2 is 1.14 bits per heavy atom. The van der Waals surface area contributed by atoms with Crippen LogP contribution in [0, 0.1) is 6.07 Å². The van der Waals surface area contributed by atoms with Crippen LogP contribution in [0.25, 0.3) is 72.7 Å². The average Bonchev–Trinajstić information content (AvgIpc) is 3.78. The Morgan fingerprint density at radius 1 is 0.528 bits per heavy atom. The first-order chi connectivity index (χ1) is 34.4. The molecule has 1 atom stereocenters. The average molecular weight is 1120 g/mol. The van der Waals surface area contributed by atoms with Crippen molar-refractivity contribution in [3.8, 4) is 67.5 Å². The Hall–Kier alpha value is -7.13. The molecule has 1 unspecified atom stereocenters. The molecule has 72 heavy (non-hydrogen) atoms. The second-order valence-electron chi connectivity index (χ2n) is 21.4.